The van der Waals surface area contributed by atoms with Gasteiger partial charge in [0.2, 0.25) is 5.91 Å². The molecule has 1 N–H and O–H groups in total. The van der Waals surface area contributed by atoms with Gasteiger partial charge in [-0.15, -0.1) is 0 Å². The van der Waals surface area contributed by atoms with Gasteiger partial charge in [-0.2, -0.15) is 0 Å². The molecule has 4 rings (SSSR count). The number of allylic oxidation sites excluding steroid dienone is 1. The molecule has 4 atom stereocenters. The van der Waals surface area contributed by atoms with Crippen LogP contribution in [0, 0.1) is 5.92 Å². The fraction of sp³-hybridized carbons (Fsp3) is 0.342. The summed E-state index contributed by atoms with van der Waals surface area (Å²) in [5.74, 6) is -4.01. The maximum absolute atomic E-state index is 14.1. The molecule has 4 unspecified atom stereocenters. The molecule has 0 bridgehead atoms. The van der Waals surface area contributed by atoms with Crippen molar-refractivity contribution < 1.29 is 48.0 Å². The Morgan fingerprint density at radius 3 is 2.18 bits per heavy atom. The molecule has 0 aliphatic carbocycles. The maximum Gasteiger partial charge on any atom is 0.417 e. The van der Waals surface area contributed by atoms with Crippen molar-refractivity contribution in [1.82, 2.24) is 4.90 Å². The van der Waals surface area contributed by atoms with Crippen molar-refractivity contribution >= 4 is 29.5 Å². The van der Waals surface area contributed by atoms with Gasteiger partial charge in [0.25, 0.3) is 0 Å². The third-order valence-electron chi connectivity index (χ3n) is 7.83. The highest BCUT2D eigenvalue weighted by Crippen LogP contribution is 2.31. The predicted molar refractivity (Wildman–Crippen MR) is 178 cm³/mol. The van der Waals surface area contributed by atoms with Crippen LogP contribution in [-0.4, -0.2) is 78.2 Å². The Labute approximate surface area is 285 Å². The average Bonchev–Trinajstić information content (AvgIpc) is 3.51. The maximum atomic E-state index is 14.1. The van der Waals surface area contributed by atoms with Crippen molar-refractivity contribution in [2.75, 3.05) is 26.4 Å². The number of hydrogen-bond acceptors (Lipinski definition) is 10. The zero-order valence-electron chi connectivity index (χ0n) is 27.3. The highest BCUT2D eigenvalue weighted by molar-refractivity contribution is 6.04. The minimum Gasteiger partial charge on any atom is -0.453 e. The lowest BCUT2D eigenvalue weighted by Crippen LogP contribution is -2.47. The summed E-state index contributed by atoms with van der Waals surface area (Å²) in [6.07, 6.45) is -0.560. The first kappa shape index (κ1) is 36.9. The molecule has 3 aromatic rings. The van der Waals surface area contributed by atoms with Crippen molar-refractivity contribution in [3.05, 3.63) is 120 Å². The summed E-state index contributed by atoms with van der Waals surface area (Å²) in [7, 11) is 0. The van der Waals surface area contributed by atoms with Crippen molar-refractivity contribution in [1.29, 1.82) is 0 Å². The van der Waals surface area contributed by atoms with Gasteiger partial charge < -0.3 is 24.1 Å². The number of aliphatic hydroxyl groups is 1. The fourth-order valence-corrected chi connectivity index (χ4v) is 5.33. The van der Waals surface area contributed by atoms with Gasteiger partial charge in [0.05, 0.1) is 25.7 Å². The molecule has 0 aromatic heterocycles. The zero-order valence-corrected chi connectivity index (χ0v) is 27.3. The van der Waals surface area contributed by atoms with E-state index in [1.165, 1.54) is 0 Å². The lowest BCUT2D eigenvalue weighted by molar-refractivity contribution is -0.158. The van der Waals surface area contributed by atoms with Crippen LogP contribution in [0.1, 0.15) is 42.5 Å². The van der Waals surface area contributed by atoms with Crippen LogP contribution >= 0.6 is 0 Å². The summed E-state index contributed by atoms with van der Waals surface area (Å²) in [4.78, 5) is 66.4. The number of benzene rings is 3. The predicted octanol–water partition coefficient (Wildman–Crippen LogP) is 4.57. The van der Waals surface area contributed by atoms with Crippen molar-refractivity contribution in [3.63, 3.8) is 0 Å². The molecule has 1 aliphatic heterocycles. The molecule has 1 aliphatic rings. The molecule has 3 aromatic carbocycles. The van der Waals surface area contributed by atoms with Crippen LogP contribution in [-0.2, 0) is 51.2 Å². The molecule has 258 valence electrons. The number of cyclic esters (lactones) is 1. The zero-order chi connectivity index (χ0) is 35.0. The summed E-state index contributed by atoms with van der Waals surface area (Å²) in [6, 6.07) is 26.5. The van der Waals surface area contributed by atoms with Gasteiger partial charge in [-0.25, -0.2) is 9.69 Å². The molecule has 11 nitrogen and oxygen atoms in total. The van der Waals surface area contributed by atoms with E-state index in [-0.39, 0.29) is 45.1 Å². The Morgan fingerprint density at radius 1 is 0.918 bits per heavy atom. The molecule has 1 saturated heterocycles. The monoisotopic (exact) mass is 671 g/mol. The van der Waals surface area contributed by atoms with Crippen molar-refractivity contribution in [2.45, 2.75) is 51.0 Å². The number of hydrogen-bond donors (Lipinski definition) is 1. The number of aliphatic hydroxyl groups excluding tert-OH is 1. The Hall–Kier alpha value is -4.97. The van der Waals surface area contributed by atoms with E-state index < -0.39 is 47.9 Å². The van der Waals surface area contributed by atoms with Crippen LogP contribution in [0.4, 0.5) is 4.79 Å². The minimum atomic E-state index is -1.62. The van der Waals surface area contributed by atoms with Gasteiger partial charge >= 0.3 is 12.1 Å². The highest BCUT2D eigenvalue weighted by atomic mass is 16.6. The summed E-state index contributed by atoms with van der Waals surface area (Å²) in [5.41, 5.74) is 2.30. The number of ketones is 2. The lowest BCUT2D eigenvalue weighted by Gasteiger charge is -2.29. The summed E-state index contributed by atoms with van der Waals surface area (Å²) >= 11 is 0. The minimum absolute atomic E-state index is 0.0301. The number of esters is 1. The van der Waals surface area contributed by atoms with Crippen molar-refractivity contribution in [2.24, 2.45) is 5.92 Å². The Kier molecular flexibility index (Phi) is 14.4. The second kappa shape index (κ2) is 19.1. The van der Waals surface area contributed by atoms with Gasteiger partial charge in [-0.05, 0) is 41.7 Å². The van der Waals surface area contributed by atoms with Gasteiger partial charge in [-0.3, -0.25) is 19.2 Å². The molecule has 2 amide bonds. The van der Waals surface area contributed by atoms with Crippen LogP contribution in [0.2, 0.25) is 0 Å². The fourth-order valence-electron chi connectivity index (χ4n) is 5.33. The molecule has 1 heterocycles. The smallest absolute Gasteiger partial charge is 0.417 e. The Morgan fingerprint density at radius 2 is 1.55 bits per heavy atom. The molecule has 0 radical (unpaired) electrons. The van der Waals surface area contributed by atoms with E-state index in [1.807, 2.05) is 30.3 Å². The van der Waals surface area contributed by atoms with E-state index >= 15 is 0 Å². The second-order valence-corrected chi connectivity index (χ2v) is 11.5. The van der Waals surface area contributed by atoms with E-state index in [1.54, 1.807) is 60.7 Å². The van der Waals surface area contributed by atoms with Gasteiger partial charge in [0.1, 0.15) is 18.8 Å². The molecule has 0 spiro atoms. The first-order chi connectivity index (χ1) is 23.8. The third-order valence-corrected chi connectivity index (χ3v) is 7.83. The quantitative estimate of drug-likeness (QED) is 0.109. The first-order valence-corrected chi connectivity index (χ1v) is 16.1. The topological polar surface area (TPSA) is 146 Å². The number of imide groups is 1. The summed E-state index contributed by atoms with van der Waals surface area (Å²) < 4.78 is 21.9. The molecule has 1 fully saturated rings. The number of carbonyl (C=O) groups excluding carboxylic acids is 5. The van der Waals surface area contributed by atoms with Crippen molar-refractivity contribution in [3.8, 4) is 0 Å². The largest absolute Gasteiger partial charge is 0.453 e. The average molecular weight is 672 g/mol. The van der Waals surface area contributed by atoms with Crippen LogP contribution in [0.5, 0.6) is 0 Å². The highest BCUT2D eigenvalue weighted by Gasteiger charge is 2.46. The number of amides is 2. The van der Waals surface area contributed by atoms with Crippen LogP contribution < -0.4 is 0 Å². The standard InChI is InChI=1S/C38H41NO10/c1-27(41)49-36(35(43)20-19-31(42)18-11-21-46-25-32(23-40)47-24-29-14-7-3-8-15-29)33(22-28-12-5-2-6-13-28)37(44)39-34(26-48-38(39)45)30-16-9-4-10-17-30/h2-10,12-17,19-20,32-34,36,40H,11,18,21-26H2,1H3. The van der Waals surface area contributed by atoms with Crippen LogP contribution in [0.25, 0.3) is 0 Å². The number of rotatable bonds is 19. The van der Waals surface area contributed by atoms with E-state index in [2.05, 4.69) is 0 Å². The van der Waals surface area contributed by atoms with Crippen LogP contribution in [0.3, 0.4) is 0 Å². The van der Waals surface area contributed by atoms with E-state index in [0.29, 0.717) is 24.2 Å². The second-order valence-electron chi connectivity index (χ2n) is 11.5. The number of nitrogens with zero attached hydrogens (tertiary/aromatic N) is 1. The number of carbonyl (C=O) groups is 5. The Balaban J connectivity index is 1.39. The number of ether oxygens (including phenoxy) is 4. The van der Waals surface area contributed by atoms with Crippen LogP contribution in [0.15, 0.2) is 103 Å². The van der Waals surface area contributed by atoms with E-state index in [9.17, 15) is 29.1 Å². The molecule has 49 heavy (non-hydrogen) atoms. The third kappa shape index (κ3) is 11.3. The molecular formula is C38H41NO10. The van der Waals surface area contributed by atoms with Gasteiger partial charge in [0, 0.05) is 20.0 Å². The van der Waals surface area contributed by atoms with E-state index in [0.717, 1.165) is 29.5 Å². The summed E-state index contributed by atoms with van der Waals surface area (Å²) in [5, 5.41) is 9.59. The van der Waals surface area contributed by atoms with E-state index in [4.69, 9.17) is 18.9 Å². The molecule has 11 heteroatoms. The lowest BCUT2D eigenvalue weighted by atomic mass is 9.89. The van der Waals surface area contributed by atoms with Gasteiger partial charge in [0.15, 0.2) is 17.7 Å². The SMILES string of the molecule is CC(=O)OC(C(=O)C=CC(=O)CCCOCC(CO)OCc1ccccc1)C(Cc1ccccc1)C(=O)N1C(=O)OCC1c1ccccc1. The first-order valence-electron chi connectivity index (χ1n) is 16.1. The summed E-state index contributed by atoms with van der Waals surface area (Å²) in [6.45, 7) is 1.51. The Bertz CT molecular complexity index is 1560. The van der Waals surface area contributed by atoms with Gasteiger partial charge in [-0.1, -0.05) is 91.0 Å². The normalized spacial score (nSPS) is 16.2. The molecule has 0 saturated carbocycles. The molecular weight excluding hydrogens is 630 g/mol.